The van der Waals surface area contributed by atoms with Gasteiger partial charge in [-0.3, -0.25) is 0 Å². The van der Waals surface area contributed by atoms with Crippen LogP contribution < -0.4 is 4.74 Å². The minimum atomic E-state index is 0.807. The minimum absolute atomic E-state index is 0.807. The third-order valence-corrected chi connectivity index (χ3v) is 10.7. The summed E-state index contributed by atoms with van der Waals surface area (Å²) in [4.78, 5) is 0. The summed E-state index contributed by atoms with van der Waals surface area (Å²) in [5, 5.41) is 2.66. The van der Waals surface area contributed by atoms with Crippen molar-refractivity contribution in [1.29, 1.82) is 0 Å². The van der Waals surface area contributed by atoms with Crippen LogP contribution in [0.2, 0.25) is 0 Å². The second-order valence-corrected chi connectivity index (χ2v) is 15.5. The third kappa shape index (κ3) is 11.5. The van der Waals surface area contributed by atoms with E-state index in [0.29, 0.717) is 0 Å². The number of halogens is 2. The van der Waals surface area contributed by atoms with Crippen molar-refractivity contribution < 1.29 is 4.74 Å². The van der Waals surface area contributed by atoms with E-state index >= 15 is 0 Å². The summed E-state index contributed by atoms with van der Waals surface area (Å²) >= 11 is 9.02. The zero-order chi connectivity index (χ0) is 29.4. The predicted molar refractivity (Wildman–Crippen MR) is 192 cm³/mol. The molecule has 0 aliphatic rings. The fraction of sp³-hybridized carbons (Fsp3) is 0.474. The lowest BCUT2D eigenvalue weighted by Gasteiger charge is -2.09. The van der Waals surface area contributed by atoms with Crippen molar-refractivity contribution in [2.75, 3.05) is 6.61 Å². The normalized spacial score (nSPS) is 11.4. The Morgan fingerprint density at radius 3 is 1.86 bits per heavy atom. The Kier molecular flexibility index (Phi) is 15.0. The highest BCUT2D eigenvalue weighted by Crippen LogP contribution is 2.33. The Hall–Kier alpha value is -1.62. The second kappa shape index (κ2) is 18.9. The SMILES string of the molecule is CCCCCCCCc1ccc2cc(-c3ccc(OCCCCCCCCCCc4cc(Br)sc4Br)cc3)ccc2c1. The number of thiophene rings is 1. The van der Waals surface area contributed by atoms with Gasteiger partial charge in [0, 0.05) is 0 Å². The van der Waals surface area contributed by atoms with E-state index in [1.807, 2.05) is 0 Å². The summed E-state index contributed by atoms with van der Waals surface area (Å²) < 4.78 is 8.55. The quantitative estimate of drug-likeness (QED) is 0.0829. The van der Waals surface area contributed by atoms with Gasteiger partial charge in [-0.1, -0.05) is 120 Å². The van der Waals surface area contributed by atoms with Crippen molar-refractivity contribution in [3.8, 4) is 16.9 Å². The van der Waals surface area contributed by atoms with E-state index in [-0.39, 0.29) is 0 Å². The van der Waals surface area contributed by atoms with Gasteiger partial charge >= 0.3 is 0 Å². The van der Waals surface area contributed by atoms with Crippen LogP contribution >= 0.6 is 43.2 Å². The summed E-state index contributed by atoms with van der Waals surface area (Å²) in [7, 11) is 0. The number of benzene rings is 3. The molecule has 0 atom stereocenters. The summed E-state index contributed by atoms with van der Waals surface area (Å²) in [6, 6.07) is 24.7. The maximum atomic E-state index is 6.05. The van der Waals surface area contributed by atoms with E-state index in [2.05, 4.69) is 106 Å². The molecular formula is C38H48Br2OS. The molecule has 0 aliphatic carbocycles. The maximum Gasteiger partial charge on any atom is 0.119 e. The molecule has 3 aromatic carbocycles. The molecule has 0 radical (unpaired) electrons. The van der Waals surface area contributed by atoms with Gasteiger partial charge < -0.3 is 4.74 Å². The van der Waals surface area contributed by atoms with E-state index in [1.165, 1.54) is 137 Å². The molecule has 0 aliphatic heterocycles. The predicted octanol–water partition coefficient (Wildman–Crippen LogP) is 13.7. The molecular weight excluding hydrogens is 664 g/mol. The Labute approximate surface area is 275 Å². The number of ether oxygens (including phenoxy) is 1. The molecule has 42 heavy (non-hydrogen) atoms. The molecule has 0 saturated heterocycles. The van der Waals surface area contributed by atoms with Gasteiger partial charge in [0.25, 0.3) is 0 Å². The van der Waals surface area contributed by atoms with Crippen LogP contribution in [0.4, 0.5) is 0 Å². The van der Waals surface area contributed by atoms with Crippen molar-refractivity contribution in [3.05, 3.63) is 85.4 Å². The van der Waals surface area contributed by atoms with Crippen LogP contribution in [0.15, 0.2) is 74.3 Å². The average molecular weight is 713 g/mol. The number of hydrogen-bond acceptors (Lipinski definition) is 2. The van der Waals surface area contributed by atoms with Gasteiger partial charge in [-0.2, -0.15) is 0 Å². The molecule has 4 aromatic rings. The molecule has 0 N–H and O–H groups in total. The van der Waals surface area contributed by atoms with E-state index in [4.69, 9.17) is 4.74 Å². The summed E-state index contributed by atoms with van der Waals surface area (Å²) in [6.07, 6.45) is 20.9. The molecule has 0 fully saturated rings. The number of aryl methyl sites for hydroxylation is 2. The van der Waals surface area contributed by atoms with Crippen molar-refractivity contribution in [2.24, 2.45) is 0 Å². The van der Waals surface area contributed by atoms with Crippen LogP contribution in [-0.4, -0.2) is 6.61 Å². The molecule has 226 valence electrons. The van der Waals surface area contributed by atoms with Gasteiger partial charge in [-0.15, -0.1) is 11.3 Å². The minimum Gasteiger partial charge on any atom is -0.494 e. The van der Waals surface area contributed by atoms with Crippen LogP contribution in [0.1, 0.15) is 108 Å². The second-order valence-electron chi connectivity index (χ2n) is 11.7. The lowest BCUT2D eigenvalue weighted by molar-refractivity contribution is 0.304. The molecule has 1 nitrogen and oxygen atoms in total. The lowest BCUT2D eigenvalue weighted by atomic mass is 9.98. The smallest absolute Gasteiger partial charge is 0.119 e. The Morgan fingerprint density at radius 1 is 0.571 bits per heavy atom. The summed E-state index contributed by atoms with van der Waals surface area (Å²) in [5.41, 5.74) is 5.43. The molecule has 0 bridgehead atoms. The first-order chi connectivity index (χ1) is 20.6. The van der Waals surface area contributed by atoms with Gasteiger partial charge in [-0.25, -0.2) is 0 Å². The molecule has 0 spiro atoms. The van der Waals surface area contributed by atoms with Gasteiger partial charge in [0.15, 0.2) is 0 Å². The van der Waals surface area contributed by atoms with E-state index in [1.54, 1.807) is 11.3 Å². The highest BCUT2D eigenvalue weighted by molar-refractivity contribution is 9.12. The zero-order valence-electron chi connectivity index (χ0n) is 25.4. The first-order valence-corrected chi connectivity index (χ1v) is 18.7. The van der Waals surface area contributed by atoms with Gasteiger partial charge in [-0.05, 0) is 121 Å². The molecule has 0 amide bonds. The van der Waals surface area contributed by atoms with Crippen molar-refractivity contribution in [1.82, 2.24) is 0 Å². The van der Waals surface area contributed by atoms with E-state index in [0.717, 1.165) is 18.8 Å². The van der Waals surface area contributed by atoms with Crippen LogP contribution in [-0.2, 0) is 12.8 Å². The molecule has 4 heteroatoms. The van der Waals surface area contributed by atoms with E-state index < -0.39 is 0 Å². The zero-order valence-corrected chi connectivity index (χ0v) is 29.4. The standard InChI is InChI=1S/C38H48Br2OS/c1-2-3-4-5-10-13-16-30-18-19-34-28-33(21-20-32(34)27-30)31-22-24-36(25-23-31)41-26-15-12-9-7-6-8-11-14-17-35-29-37(39)42-38(35)40/h18-25,27-29H,2-17,26H2,1H3. The fourth-order valence-electron chi connectivity index (χ4n) is 5.70. The first kappa shape index (κ1) is 33.3. The number of hydrogen-bond donors (Lipinski definition) is 0. The van der Waals surface area contributed by atoms with Crippen molar-refractivity contribution in [3.63, 3.8) is 0 Å². The first-order valence-electron chi connectivity index (χ1n) is 16.3. The Balaban J connectivity index is 1.08. The molecule has 0 saturated carbocycles. The van der Waals surface area contributed by atoms with Crippen molar-refractivity contribution >= 4 is 54.0 Å². The maximum absolute atomic E-state index is 6.05. The Morgan fingerprint density at radius 2 is 1.17 bits per heavy atom. The van der Waals surface area contributed by atoms with Crippen LogP contribution in [0.25, 0.3) is 21.9 Å². The van der Waals surface area contributed by atoms with Gasteiger partial charge in [0.2, 0.25) is 0 Å². The summed E-state index contributed by atoms with van der Waals surface area (Å²) in [5.74, 6) is 0.975. The number of fused-ring (bicyclic) bond motifs is 1. The van der Waals surface area contributed by atoms with E-state index in [9.17, 15) is 0 Å². The van der Waals surface area contributed by atoms with Crippen molar-refractivity contribution in [2.45, 2.75) is 110 Å². The molecule has 1 heterocycles. The largest absolute Gasteiger partial charge is 0.494 e. The highest BCUT2D eigenvalue weighted by Gasteiger charge is 2.05. The van der Waals surface area contributed by atoms with Gasteiger partial charge in [0.1, 0.15) is 5.75 Å². The monoisotopic (exact) mass is 710 g/mol. The molecule has 0 unspecified atom stereocenters. The highest BCUT2D eigenvalue weighted by atomic mass is 79.9. The van der Waals surface area contributed by atoms with Crippen LogP contribution in [0.5, 0.6) is 5.75 Å². The number of unbranched alkanes of at least 4 members (excludes halogenated alkanes) is 12. The fourth-order valence-corrected chi connectivity index (χ4v) is 8.61. The molecule has 1 aromatic heterocycles. The van der Waals surface area contributed by atoms with Crippen LogP contribution in [0, 0.1) is 0 Å². The average Bonchev–Trinajstić information content (AvgIpc) is 3.33. The third-order valence-electron chi connectivity index (χ3n) is 8.25. The molecule has 4 rings (SSSR count). The Bertz CT molecular complexity index is 1330. The number of rotatable bonds is 20. The van der Waals surface area contributed by atoms with Crippen LogP contribution in [0.3, 0.4) is 0 Å². The summed E-state index contributed by atoms with van der Waals surface area (Å²) in [6.45, 7) is 3.09. The van der Waals surface area contributed by atoms with Gasteiger partial charge in [0.05, 0.1) is 14.2 Å². The topological polar surface area (TPSA) is 9.23 Å². The lowest BCUT2D eigenvalue weighted by Crippen LogP contribution is -1.97.